The van der Waals surface area contributed by atoms with Crippen molar-refractivity contribution in [3.05, 3.63) is 24.3 Å². The Morgan fingerprint density at radius 1 is 1.13 bits per heavy atom. The Bertz CT molecular complexity index is 526. The first-order valence-corrected chi connectivity index (χ1v) is 8.12. The molecular formula is C15H21F2N3O2S. The Kier molecular flexibility index (Phi) is 7.80. The molecule has 0 bridgehead atoms. The van der Waals surface area contributed by atoms with E-state index in [1.54, 1.807) is 6.92 Å². The number of halogens is 2. The minimum absolute atomic E-state index is 0.0368. The quantitative estimate of drug-likeness (QED) is 0.663. The van der Waals surface area contributed by atoms with Crippen LogP contribution < -0.4 is 16.0 Å². The highest BCUT2D eigenvalue weighted by molar-refractivity contribution is 7.99. The van der Waals surface area contributed by atoms with Gasteiger partial charge in [-0.25, -0.2) is 4.79 Å². The summed E-state index contributed by atoms with van der Waals surface area (Å²) in [6.45, 7) is 5.41. The summed E-state index contributed by atoms with van der Waals surface area (Å²) in [5.74, 6) is -2.75. The fourth-order valence-corrected chi connectivity index (χ4v) is 2.12. The van der Waals surface area contributed by atoms with Crippen LogP contribution in [0.5, 0.6) is 0 Å². The van der Waals surface area contributed by atoms with Gasteiger partial charge in [0.2, 0.25) is 5.91 Å². The van der Waals surface area contributed by atoms with Crippen molar-refractivity contribution in [3.63, 3.8) is 0 Å². The van der Waals surface area contributed by atoms with Crippen LogP contribution in [-0.2, 0) is 4.79 Å². The van der Waals surface area contributed by atoms with Gasteiger partial charge in [0.05, 0.1) is 0 Å². The van der Waals surface area contributed by atoms with Gasteiger partial charge in [-0.3, -0.25) is 4.79 Å². The number of urea groups is 1. The number of amides is 3. The van der Waals surface area contributed by atoms with E-state index in [2.05, 4.69) is 16.0 Å². The zero-order valence-corrected chi connectivity index (χ0v) is 14.0. The summed E-state index contributed by atoms with van der Waals surface area (Å²) in [4.78, 5) is 24.0. The Morgan fingerprint density at radius 3 is 2.26 bits per heavy atom. The predicted molar refractivity (Wildman–Crippen MR) is 87.8 cm³/mol. The molecule has 1 aromatic carbocycles. The van der Waals surface area contributed by atoms with Gasteiger partial charge >= 0.3 is 6.03 Å². The molecule has 0 spiro atoms. The highest BCUT2D eigenvalue weighted by Gasteiger charge is 2.16. The number of carbonyl (C=O) groups is 2. The monoisotopic (exact) mass is 345 g/mol. The lowest BCUT2D eigenvalue weighted by Gasteiger charge is -2.17. The number of rotatable bonds is 7. The standard InChI is InChI=1S/C15H21F2N3O2S/c1-4-9(2)18-13(21)10(3)19-15(22)20-11-5-7-12(8-6-11)23-14(16)17/h5-10,14H,4H2,1-3H3,(H,18,21)(H2,19,20,22)/t9-,10+/m1/s1. The van der Waals surface area contributed by atoms with Crippen molar-refractivity contribution >= 4 is 29.4 Å². The van der Waals surface area contributed by atoms with Crippen LogP contribution in [0.1, 0.15) is 27.2 Å². The number of hydrogen-bond donors (Lipinski definition) is 3. The molecule has 0 radical (unpaired) electrons. The zero-order chi connectivity index (χ0) is 17.4. The van der Waals surface area contributed by atoms with Crippen LogP contribution in [0.15, 0.2) is 29.2 Å². The molecule has 0 saturated heterocycles. The summed E-state index contributed by atoms with van der Waals surface area (Å²) in [7, 11) is 0. The minimum atomic E-state index is -2.48. The van der Waals surface area contributed by atoms with Crippen LogP contribution in [0, 0.1) is 0 Å². The second-order valence-electron chi connectivity index (χ2n) is 5.04. The number of nitrogens with one attached hydrogen (secondary N) is 3. The third-order valence-electron chi connectivity index (χ3n) is 3.08. The highest BCUT2D eigenvalue weighted by atomic mass is 32.2. The summed E-state index contributed by atoms with van der Waals surface area (Å²) in [5.41, 5.74) is 0.454. The third-order valence-corrected chi connectivity index (χ3v) is 3.80. The van der Waals surface area contributed by atoms with E-state index < -0.39 is 17.8 Å². The van der Waals surface area contributed by atoms with Crippen molar-refractivity contribution in [1.82, 2.24) is 10.6 Å². The second kappa shape index (κ2) is 9.34. The molecule has 0 aliphatic rings. The van der Waals surface area contributed by atoms with Crippen LogP contribution in [-0.4, -0.2) is 29.8 Å². The van der Waals surface area contributed by atoms with Crippen molar-refractivity contribution < 1.29 is 18.4 Å². The van der Waals surface area contributed by atoms with Gasteiger partial charge in [0.15, 0.2) is 0 Å². The fraction of sp³-hybridized carbons (Fsp3) is 0.467. The van der Waals surface area contributed by atoms with Crippen LogP contribution in [0.2, 0.25) is 0 Å². The predicted octanol–water partition coefficient (Wildman–Crippen LogP) is 3.43. The Hall–Kier alpha value is -1.83. The molecule has 8 heteroatoms. The summed E-state index contributed by atoms with van der Waals surface area (Å²) in [5, 5.41) is 7.83. The molecule has 2 atom stereocenters. The lowest BCUT2D eigenvalue weighted by molar-refractivity contribution is -0.123. The Labute approximate surface area is 138 Å². The first kappa shape index (κ1) is 19.2. The van der Waals surface area contributed by atoms with Crippen LogP contribution in [0.4, 0.5) is 19.3 Å². The van der Waals surface area contributed by atoms with Gasteiger partial charge < -0.3 is 16.0 Å². The van der Waals surface area contributed by atoms with Crippen LogP contribution in [0.25, 0.3) is 0 Å². The molecular weight excluding hydrogens is 324 g/mol. The minimum Gasteiger partial charge on any atom is -0.352 e. The normalized spacial score (nSPS) is 13.3. The average Bonchev–Trinajstić information content (AvgIpc) is 2.48. The smallest absolute Gasteiger partial charge is 0.319 e. The van der Waals surface area contributed by atoms with Gasteiger partial charge in [0.25, 0.3) is 5.76 Å². The molecule has 128 valence electrons. The topological polar surface area (TPSA) is 70.2 Å². The van der Waals surface area contributed by atoms with Crippen LogP contribution in [0.3, 0.4) is 0 Å². The molecule has 0 saturated carbocycles. The summed E-state index contributed by atoms with van der Waals surface area (Å²) >= 11 is 0.434. The van der Waals surface area contributed by atoms with Gasteiger partial charge in [-0.15, -0.1) is 0 Å². The summed E-state index contributed by atoms with van der Waals surface area (Å²) in [6.07, 6.45) is 0.799. The van der Waals surface area contributed by atoms with Gasteiger partial charge in [0, 0.05) is 16.6 Å². The molecule has 5 nitrogen and oxygen atoms in total. The fourth-order valence-electron chi connectivity index (χ4n) is 1.62. The lowest BCUT2D eigenvalue weighted by Crippen LogP contribution is -2.48. The van der Waals surface area contributed by atoms with E-state index in [-0.39, 0.29) is 11.9 Å². The highest BCUT2D eigenvalue weighted by Crippen LogP contribution is 2.26. The summed E-state index contributed by atoms with van der Waals surface area (Å²) in [6, 6.07) is 4.85. The van der Waals surface area contributed by atoms with Crippen molar-refractivity contribution in [3.8, 4) is 0 Å². The maximum Gasteiger partial charge on any atom is 0.319 e. The summed E-state index contributed by atoms with van der Waals surface area (Å²) < 4.78 is 24.4. The van der Waals surface area contributed by atoms with E-state index >= 15 is 0 Å². The maximum absolute atomic E-state index is 12.2. The average molecular weight is 345 g/mol. The first-order valence-electron chi connectivity index (χ1n) is 7.24. The molecule has 0 unspecified atom stereocenters. The Balaban J connectivity index is 2.48. The van der Waals surface area contributed by atoms with Crippen molar-refractivity contribution in [2.45, 2.75) is 49.9 Å². The molecule has 3 N–H and O–H groups in total. The van der Waals surface area contributed by atoms with Gasteiger partial charge in [0.1, 0.15) is 6.04 Å². The number of thioether (sulfide) groups is 1. The largest absolute Gasteiger partial charge is 0.352 e. The molecule has 0 heterocycles. The molecule has 23 heavy (non-hydrogen) atoms. The number of benzene rings is 1. The number of anilines is 1. The van der Waals surface area contributed by atoms with E-state index in [0.29, 0.717) is 22.3 Å². The van der Waals surface area contributed by atoms with Crippen molar-refractivity contribution in [1.29, 1.82) is 0 Å². The van der Waals surface area contributed by atoms with E-state index in [9.17, 15) is 18.4 Å². The number of hydrogen-bond acceptors (Lipinski definition) is 3. The molecule has 1 rings (SSSR count). The molecule has 0 fully saturated rings. The third kappa shape index (κ3) is 7.32. The molecule has 3 amide bonds. The van der Waals surface area contributed by atoms with Gasteiger partial charge in [-0.2, -0.15) is 8.78 Å². The number of carbonyl (C=O) groups excluding carboxylic acids is 2. The van der Waals surface area contributed by atoms with Crippen molar-refractivity contribution in [2.24, 2.45) is 0 Å². The first-order chi connectivity index (χ1) is 10.8. The molecule has 0 aliphatic heterocycles. The lowest BCUT2D eigenvalue weighted by atomic mass is 10.2. The molecule has 1 aromatic rings. The van der Waals surface area contributed by atoms with Crippen molar-refractivity contribution in [2.75, 3.05) is 5.32 Å². The van der Waals surface area contributed by atoms with Crippen LogP contribution >= 0.6 is 11.8 Å². The van der Waals surface area contributed by atoms with E-state index in [4.69, 9.17) is 0 Å². The zero-order valence-electron chi connectivity index (χ0n) is 13.2. The molecule has 0 aliphatic carbocycles. The maximum atomic E-state index is 12.2. The SMILES string of the molecule is CC[C@@H](C)NC(=O)[C@H](C)NC(=O)Nc1ccc(SC(F)F)cc1. The number of alkyl halides is 2. The van der Waals surface area contributed by atoms with Gasteiger partial charge in [-0.05, 0) is 44.5 Å². The second-order valence-corrected chi connectivity index (χ2v) is 6.10. The van der Waals surface area contributed by atoms with Gasteiger partial charge in [-0.1, -0.05) is 18.7 Å². The van der Waals surface area contributed by atoms with E-state index in [0.717, 1.165) is 6.42 Å². The van der Waals surface area contributed by atoms with E-state index in [1.165, 1.54) is 24.3 Å². The Morgan fingerprint density at radius 2 is 1.74 bits per heavy atom. The van der Waals surface area contributed by atoms with E-state index in [1.807, 2.05) is 13.8 Å². The molecule has 0 aromatic heterocycles.